The second-order valence-electron chi connectivity index (χ2n) is 5.98. The Balaban J connectivity index is 1.67. The molecule has 112 valence electrons. The fourth-order valence-electron chi connectivity index (χ4n) is 3.16. The van der Waals surface area contributed by atoms with Crippen LogP contribution in [0.1, 0.15) is 31.7 Å². The minimum Gasteiger partial charge on any atom is -0.393 e. The average molecular weight is 285 g/mol. The highest BCUT2D eigenvalue weighted by Crippen LogP contribution is 2.23. The quantitative estimate of drug-likeness (QED) is 0.918. The third kappa shape index (κ3) is 3.52. The highest BCUT2D eigenvalue weighted by Gasteiger charge is 2.25. The van der Waals surface area contributed by atoms with Gasteiger partial charge in [-0.3, -0.25) is 4.90 Å². The molecule has 1 aliphatic heterocycles. The van der Waals surface area contributed by atoms with Gasteiger partial charge in [-0.2, -0.15) is 5.10 Å². The summed E-state index contributed by atoms with van der Waals surface area (Å²) in [6, 6.07) is 10.7. The molecular weight excluding hydrogens is 262 g/mol. The zero-order chi connectivity index (χ0) is 14.7. The fourth-order valence-corrected chi connectivity index (χ4v) is 3.16. The molecule has 0 radical (unpaired) electrons. The van der Waals surface area contributed by atoms with Crippen molar-refractivity contribution in [3.8, 4) is 5.69 Å². The van der Waals surface area contributed by atoms with Gasteiger partial charge in [0.15, 0.2) is 0 Å². The van der Waals surface area contributed by atoms with Crippen molar-refractivity contribution in [2.75, 3.05) is 6.54 Å². The molecule has 1 saturated heterocycles. The number of hydrogen-bond donors (Lipinski definition) is 1. The summed E-state index contributed by atoms with van der Waals surface area (Å²) in [4.78, 5) is 2.47. The van der Waals surface area contributed by atoms with Crippen molar-refractivity contribution in [3.63, 3.8) is 0 Å². The van der Waals surface area contributed by atoms with E-state index in [2.05, 4.69) is 28.3 Å². The van der Waals surface area contributed by atoms with Gasteiger partial charge in [-0.25, -0.2) is 4.68 Å². The molecule has 21 heavy (non-hydrogen) atoms. The first kappa shape index (κ1) is 14.3. The van der Waals surface area contributed by atoms with Gasteiger partial charge in [-0.05, 0) is 44.9 Å². The molecule has 3 rings (SSSR count). The van der Waals surface area contributed by atoms with Crippen LogP contribution in [-0.2, 0) is 6.54 Å². The lowest BCUT2D eigenvalue weighted by Gasteiger charge is -2.24. The highest BCUT2D eigenvalue weighted by atomic mass is 16.3. The number of benzene rings is 1. The molecule has 4 nitrogen and oxygen atoms in total. The van der Waals surface area contributed by atoms with Crippen LogP contribution in [0, 0.1) is 0 Å². The molecule has 1 aromatic carbocycles. The van der Waals surface area contributed by atoms with Crippen molar-refractivity contribution >= 4 is 0 Å². The number of aromatic nitrogens is 2. The Hall–Kier alpha value is -1.65. The van der Waals surface area contributed by atoms with Crippen LogP contribution in [0.5, 0.6) is 0 Å². The van der Waals surface area contributed by atoms with Crippen molar-refractivity contribution in [3.05, 3.63) is 48.3 Å². The predicted octanol–water partition coefficient (Wildman–Crippen LogP) is 2.61. The molecule has 0 amide bonds. The van der Waals surface area contributed by atoms with Crippen LogP contribution in [0.15, 0.2) is 42.7 Å². The summed E-state index contributed by atoms with van der Waals surface area (Å²) in [5.74, 6) is 0. The lowest BCUT2D eigenvalue weighted by molar-refractivity contribution is 0.131. The molecular formula is C17H23N3O. The van der Waals surface area contributed by atoms with Gasteiger partial charge in [0.2, 0.25) is 0 Å². The molecule has 2 unspecified atom stereocenters. The maximum Gasteiger partial charge on any atom is 0.0645 e. The van der Waals surface area contributed by atoms with Gasteiger partial charge in [0.1, 0.15) is 0 Å². The molecule has 1 N–H and O–H groups in total. The number of nitrogens with zero attached hydrogens (tertiary/aromatic N) is 3. The van der Waals surface area contributed by atoms with E-state index in [4.69, 9.17) is 0 Å². The van der Waals surface area contributed by atoms with Crippen LogP contribution in [0.25, 0.3) is 5.69 Å². The van der Waals surface area contributed by atoms with Crippen LogP contribution in [-0.4, -0.2) is 38.5 Å². The monoisotopic (exact) mass is 285 g/mol. The first-order valence-electron chi connectivity index (χ1n) is 7.73. The van der Waals surface area contributed by atoms with Crippen molar-refractivity contribution in [1.29, 1.82) is 0 Å². The molecule has 1 aliphatic rings. The second kappa shape index (κ2) is 6.41. The predicted molar refractivity (Wildman–Crippen MR) is 83.3 cm³/mol. The Kier molecular flexibility index (Phi) is 4.36. The first-order valence-corrected chi connectivity index (χ1v) is 7.73. The zero-order valence-electron chi connectivity index (χ0n) is 12.5. The normalized spacial score (nSPS) is 20.8. The lowest BCUT2D eigenvalue weighted by atomic mass is 10.1. The van der Waals surface area contributed by atoms with Gasteiger partial charge in [0.05, 0.1) is 18.0 Å². The Morgan fingerprint density at radius 3 is 2.90 bits per heavy atom. The van der Waals surface area contributed by atoms with E-state index in [1.165, 1.54) is 18.4 Å². The number of hydrogen-bond acceptors (Lipinski definition) is 3. The maximum absolute atomic E-state index is 9.61. The second-order valence-corrected chi connectivity index (χ2v) is 5.98. The molecule has 1 aromatic heterocycles. The Labute approximate surface area is 126 Å². The minimum atomic E-state index is -0.220. The number of rotatable bonds is 5. The molecule has 2 atom stereocenters. The Morgan fingerprint density at radius 1 is 1.33 bits per heavy atom. The van der Waals surface area contributed by atoms with E-state index in [-0.39, 0.29) is 6.10 Å². The largest absolute Gasteiger partial charge is 0.393 e. The zero-order valence-corrected chi connectivity index (χ0v) is 12.5. The molecule has 2 heterocycles. The van der Waals surface area contributed by atoms with E-state index in [9.17, 15) is 5.11 Å². The van der Waals surface area contributed by atoms with Crippen molar-refractivity contribution < 1.29 is 5.11 Å². The summed E-state index contributed by atoms with van der Waals surface area (Å²) in [7, 11) is 0. The van der Waals surface area contributed by atoms with E-state index in [0.29, 0.717) is 6.04 Å². The van der Waals surface area contributed by atoms with Crippen molar-refractivity contribution in [2.24, 2.45) is 0 Å². The third-order valence-electron chi connectivity index (χ3n) is 4.15. The highest BCUT2D eigenvalue weighted by molar-refractivity contribution is 5.30. The maximum atomic E-state index is 9.61. The summed E-state index contributed by atoms with van der Waals surface area (Å²) in [6.45, 7) is 3.92. The van der Waals surface area contributed by atoms with Crippen molar-refractivity contribution in [2.45, 2.75) is 44.9 Å². The summed E-state index contributed by atoms with van der Waals surface area (Å²) in [6.07, 6.45) is 7.12. The van der Waals surface area contributed by atoms with Crippen LogP contribution in [0.2, 0.25) is 0 Å². The van der Waals surface area contributed by atoms with Gasteiger partial charge in [0, 0.05) is 24.3 Å². The summed E-state index contributed by atoms with van der Waals surface area (Å²) in [5, 5.41) is 14.1. The van der Waals surface area contributed by atoms with E-state index in [1.54, 1.807) is 0 Å². The summed E-state index contributed by atoms with van der Waals surface area (Å²) >= 11 is 0. The molecule has 0 saturated carbocycles. The molecule has 0 aliphatic carbocycles. The number of para-hydroxylation sites is 1. The molecule has 0 bridgehead atoms. The van der Waals surface area contributed by atoms with Gasteiger partial charge >= 0.3 is 0 Å². The van der Waals surface area contributed by atoms with E-state index in [0.717, 1.165) is 25.2 Å². The molecule has 1 fully saturated rings. The van der Waals surface area contributed by atoms with Gasteiger partial charge in [-0.1, -0.05) is 18.2 Å². The van der Waals surface area contributed by atoms with Crippen LogP contribution >= 0.6 is 0 Å². The third-order valence-corrected chi connectivity index (χ3v) is 4.15. The van der Waals surface area contributed by atoms with E-state index < -0.39 is 0 Å². The average Bonchev–Trinajstić information content (AvgIpc) is 3.10. The number of aliphatic hydroxyl groups is 1. The SMILES string of the molecule is CC(O)CC1CCCN1Cc1cnn(-c2ccccc2)c1. The first-order chi connectivity index (χ1) is 10.2. The van der Waals surface area contributed by atoms with Gasteiger partial charge in [0.25, 0.3) is 0 Å². The standard InChI is InChI=1S/C17H23N3O/c1-14(21)10-17-8-5-9-19(17)12-15-11-18-20(13-15)16-6-3-2-4-7-16/h2-4,6-7,11,13-14,17,21H,5,8-10,12H2,1H3. The Morgan fingerprint density at radius 2 is 2.14 bits per heavy atom. The summed E-state index contributed by atoms with van der Waals surface area (Å²) in [5.41, 5.74) is 2.32. The minimum absolute atomic E-state index is 0.220. The molecule has 2 aromatic rings. The van der Waals surface area contributed by atoms with Crippen LogP contribution in [0.3, 0.4) is 0 Å². The van der Waals surface area contributed by atoms with E-state index >= 15 is 0 Å². The lowest BCUT2D eigenvalue weighted by Crippen LogP contribution is -2.31. The Bertz CT molecular complexity index is 564. The number of likely N-dealkylation sites (tertiary alicyclic amines) is 1. The molecule has 4 heteroatoms. The smallest absolute Gasteiger partial charge is 0.0645 e. The van der Waals surface area contributed by atoms with Crippen LogP contribution < -0.4 is 0 Å². The molecule has 0 spiro atoms. The van der Waals surface area contributed by atoms with Gasteiger partial charge in [-0.15, -0.1) is 0 Å². The van der Waals surface area contributed by atoms with Crippen LogP contribution in [0.4, 0.5) is 0 Å². The van der Waals surface area contributed by atoms with Crippen molar-refractivity contribution in [1.82, 2.24) is 14.7 Å². The fraction of sp³-hybridized carbons (Fsp3) is 0.471. The number of aliphatic hydroxyl groups excluding tert-OH is 1. The summed E-state index contributed by atoms with van der Waals surface area (Å²) < 4.78 is 1.93. The van der Waals surface area contributed by atoms with Gasteiger partial charge < -0.3 is 5.11 Å². The van der Waals surface area contributed by atoms with E-state index in [1.807, 2.05) is 36.0 Å². The topological polar surface area (TPSA) is 41.3 Å².